The van der Waals surface area contributed by atoms with E-state index in [4.69, 9.17) is 11.6 Å². The van der Waals surface area contributed by atoms with Gasteiger partial charge in [-0.05, 0) is 72.2 Å². The van der Waals surface area contributed by atoms with E-state index < -0.39 is 16.1 Å². The normalized spacial score (nSPS) is 15.8. The molecular formula is C31H33ClFN4O3S+. The summed E-state index contributed by atoms with van der Waals surface area (Å²) < 4.78 is 44.7. The number of amides is 1. The number of rotatable bonds is 9. The molecule has 1 aliphatic rings. The third kappa shape index (κ3) is 6.69. The number of imidazole rings is 1. The minimum Gasteiger partial charge on any atom is -0.337 e. The van der Waals surface area contributed by atoms with Gasteiger partial charge in [-0.1, -0.05) is 31.2 Å². The van der Waals surface area contributed by atoms with Crippen molar-refractivity contribution in [2.24, 2.45) is 7.05 Å². The molecule has 0 saturated heterocycles. The first-order valence-corrected chi connectivity index (χ1v) is 15.4. The van der Waals surface area contributed by atoms with Crippen molar-refractivity contribution in [1.29, 1.82) is 0 Å². The van der Waals surface area contributed by atoms with E-state index in [2.05, 4.69) is 9.71 Å². The number of hydrogen-bond donors (Lipinski definition) is 1. The van der Waals surface area contributed by atoms with Crippen molar-refractivity contribution in [3.63, 3.8) is 0 Å². The molecule has 0 bridgehead atoms. The lowest BCUT2D eigenvalue weighted by molar-refractivity contribution is -0.289. The fraction of sp³-hybridized carbons (Fsp3) is 0.290. The molecule has 10 heteroatoms. The predicted octanol–water partition coefficient (Wildman–Crippen LogP) is 5.34. The SMILES string of the molecule is C[C@H](CC(=O)N(Cc1nccn1C)c1ccc2c(c1)[C@@H](NS(=O)(=O)c1cccc([ClH+])c1)CCC2)c1ccc(F)cc1. The van der Waals surface area contributed by atoms with Crippen molar-refractivity contribution in [2.75, 3.05) is 4.90 Å². The molecule has 3 aromatic carbocycles. The number of halogens is 2. The van der Waals surface area contributed by atoms with E-state index in [1.54, 1.807) is 35.4 Å². The lowest BCUT2D eigenvalue weighted by Gasteiger charge is -2.30. The summed E-state index contributed by atoms with van der Waals surface area (Å²) >= 11 is 5.18. The van der Waals surface area contributed by atoms with Gasteiger partial charge < -0.3 is 9.47 Å². The number of nitrogens with one attached hydrogen (secondary N) is 1. The number of carbonyl (C=O) groups is 1. The lowest BCUT2D eigenvalue weighted by Crippen LogP contribution is -2.34. The van der Waals surface area contributed by atoms with Gasteiger partial charge in [0, 0.05) is 49.7 Å². The Balaban J connectivity index is 1.46. The van der Waals surface area contributed by atoms with Crippen molar-refractivity contribution >= 4 is 21.6 Å². The van der Waals surface area contributed by atoms with E-state index >= 15 is 0 Å². The number of aromatic nitrogens is 2. The molecule has 0 unspecified atom stereocenters. The lowest BCUT2D eigenvalue weighted by atomic mass is 9.87. The first kappa shape index (κ1) is 29.0. The average Bonchev–Trinajstić information content (AvgIpc) is 3.36. The van der Waals surface area contributed by atoms with Gasteiger partial charge in [0.15, 0.2) is 11.6 Å². The van der Waals surface area contributed by atoms with Crippen LogP contribution in [0.2, 0.25) is 5.02 Å². The largest absolute Gasteiger partial charge is 0.337 e. The fourth-order valence-corrected chi connectivity index (χ4v) is 6.84. The van der Waals surface area contributed by atoms with Crippen LogP contribution in [0.25, 0.3) is 0 Å². The molecule has 7 nitrogen and oxygen atoms in total. The standard InChI is InChI=1S/C31H33ClFN4O3S/c1-21(22-9-12-25(33)13-10-22)17-31(38)37(20-30-34-15-16-36(30)2)26-14-11-23-5-3-8-29(28(23)19-26)35-41(39,40)27-7-4-6-24(32)18-27/h4,6-7,9-16,18-19,21,29,32,35H,3,5,8,17,20H2,1-2H3/q+1/t21-,29+/m1/s1. The number of sulfonamides is 1. The van der Waals surface area contributed by atoms with Gasteiger partial charge in [0.2, 0.25) is 21.0 Å². The second-order valence-corrected chi connectivity index (χ2v) is 12.7. The molecule has 1 amide bonds. The van der Waals surface area contributed by atoms with Gasteiger partial charge in [-0.3, -0.25) is 4.79 Å². The topological polar surface area (TPSA) is 84.3 Å². The maximum Gasteiger partial charge on any atom is 0.241 e. The Kier molecular flexibility index (Phi) is 8.58. The Morgan fingerprint density at radius 3 is 2.66 bits per heavy atom. The number of carbonyl (C=O) groups excluding carboxylic acids is 1. The molecule has 4 aromatic rings. The molecule has 0 radical (unpaired) electrons. The van der Waals surface area contributed by atoms with Crippen molar-refractivity contribution in [1.82, 2.24) is 14.3 Å². The molecule has 0 aliphatic heterocycles. The van der Waals surface area contributed by atoms with Crippen LogP contribution in [0, 0.1) is 17.4 Å². The van der Waals surface area contributed by atoms with Crippen molar-refractivity contribution < 1.29 is 29.2 Å². The van der Waals surface area contributed by atoms with Gasteiger partial charge in [-0.15, -0.1) is 0 Å². The monoisotopic (exact) mass is 595 g/mol. The van der Waals surface area contributed by atoms with Gasteiger partial charge in [-0.2, -0.15) is 0 Å². The van der Waals surface area contributed by atoms with Crippen molar-refractivity contribution in [2.45, 2.75) is 56.0 Å². The van der Waals surface area contributed by atoms with E-state index in [1.807, 2.05) is 42.9 Å². The van der Waals surface area contributed by atoms with Crippen LogP contribution in [0.4, 0.5) is 10.1 Å². The van der Waals surface area contributed by atoms with Crippen LogP contribution in [0.15, 0.2) is 84.0 Å². The number of nitrogens with zero attached hydrogens (tertiary/aromatic N) is 3. The predicted molar refractivity (Wildman–Crippen MR) is 153 cm³/mol. The minimum absolute atomic E-state index is 0.111. The summed E-state index contributed by atoms with van der Waals surface area (Å²) in [5, 5.41) is 0.456. The highest BCUT2D eigenvalue weighted by Gasteiger charge is 2.28. The van der Waals surface area contributed by atoms with E-state index in [1.165, 1.54) is 24.3 Å². The van der Waals surface area contributed by atoms with Crippen LogP contribution in [0.5, 0.6) is 0 Å². The van der Waals surface area contributed by atoms with E-state index in [0.29, 0.717) is 23.0 Å². The Bertz CT molecular complexity index is 1660. The number of fused-ring (bicyclic) bond motifs is 1. The summed E-state index contributed by atoms with van der Waals surface area (Å²) in [6, 6.07) is 17.9. The Hall–Kier alpha value is -3.53. The average molecular weight is 596 g/mol. The number of benzene rings is 3. The quantitative estimate of drug-likeness (QED) is 0.283. The highest BCUT2D eigenvalue weighted by Crippen LogP contribution is 2.35. The van der Waals surface area contributed by atoms with E-state index in [-0.39, 0.29) is 35.5 Å². The minimum atomic E-state index is -3.81. The molecule has 214 valence electrons. The summed E-state index contributed by atoms with van der Waals surface area (Å²) in [5.74, 6) is 0.149. The van der Waals surface area contributed by atoms with Crippen molar-refractivity contribution in [3.05, 3.63) is 112 Å². The summed E-state index contributed by atoms with van der Waals surface area (Å²) in [6.07, 6.45) is 6.03. The van der Waals surface area contributed by atoms with Crippen molar-refractivity contribution in [3.8, 4) is 0 Å². The zero-order valence-electron chi connectivity index (χ0n) is 23.0. The van der Waals surface area contributed by atoms with E-state index in [0.717, 1.165) is 29.5 Å². The molecule has 1 N–H and O–H groups in total. The summed E-state index contributed by atoms with van der Waals surface area (Å²) in [4.78, 5) is 20.1. The highest BCUT2D eigenvalue weighted by atomic mass is 35.5. The summed E-state index contributed by atoms with van der Waals surface area (Å²) in [6.45, 7) is 2.19. The molecule has 1 aliphatic carbocycles. The van der Waals surface area contributed by atoms with Gasteiger partial charge in [0.05, 0.1) is 11.4 Å². The highest BCUT2D eigenvalue weighted by molar-refractivity contribution is 7.89. The number of hydrogen-bond acceptors (Lipinski definition) is 4. The molecule has 1 heterocycles. The molecular weight excluding hydrogens is 563 g/mol. The second-order valence-electron chi connectivity index (χ2n) is 10.5. The zero-order chi connectivity index (χ0) is 29.1. The van der Waals surface area contributed by atoms with E-state index in [9.17, 15) is 17.6 Å². The molecule has 41 heavy (non-hydrogen) atoms. The van der Waals surface area contributed by atoms with Crippen LogP contribution in [0.3, 0.4) is 0 Å². The first-order valence-electron chi connectivity index (χ1n) is 13.5. The Morgan fingerprint density at radius 2 is 1.95 bits per heavy atom. The van der Waals surface area contributed by atoms with Gasteiger partial charge in [0.25, 0.3) is 0 Å². The maximum absolute atomic E-state index is 13.8. The third-order valence-corrected chi connectivity index (χ3v) is 9.33. The molecule has 0 fully saturated rings. The molecule has 5 rings (SSSR count). The van der Waals surface area contributed by atoms with Crippen LogP contribution >= 0.6 is 0 Å². The van der Waals surface area contributed by atoms with Gasteiger partial charge in [-0.25, -0.2) is 22.5 Å². The zero-order valence-corrected chi connectivity index (χ0v) is 24.6. The first-order chi connectivity index (χ1) is 19.6. The number of anilines is 1. The van der Waals surface area contributed by atoms with Gasteiger partial charge >= 0.3 is 0 Å². The molecule has 0 spiro atoms. The van der Waals surface area contributed by atoms with Crippen LogP contribution in [-0.2, 0) is 34.8 Å². The summed E-state index contributed by atoms with van der Waals surface area (Å²) in [7, 11) is -1.93. The molecule has 2 atom stereocenters. The second kappa shape index (κ2) is 12.1. The number of aryl methyl sites for hydroxylation is 2. The third-order valence-electron chi connectivity index (χ3n) is 7.61. The maximum atomic E-state index is 13.8. The Morgan fingerprint density at radius 1 is 1.17 bits per heavy atom. The van der Waals surface area contributed by atoms with Gasteiger partial charge in [0.1, 0.15) is 11.6 Å². The van der Waals surface area contributed by atoms with Crippen LogP contribution in [0.1, 0.15) is 60.7 Å². The summed E-state index contributed by atoms with van der Waals surface area (Å²) in [5.41, 5.74) is 3.45. The Labute approximate surface area is 245 Å². The van der Waals surface area contributed by atoms with Crippen LogP contribution < -0.4 is 9.62 Å². The smallest absolute Gasteiger partial charge is 0.241 e. The molecule has 1 aromatic heterocycles. The fourth-order valence-electron chi connectivity index (χ4n) is 5.27. The van der Waals surface area contributed by atoms with Crippen LogP contribution in [-0.4, -0.2) is 23.9 Å². The molecule has 0 saturated carbocycles.